The third-order valence-electron chi connectivity index (χ3n) is 2.68. The van der Waals surface area contributed by atoms with E-state index in [9.17, 15) is 4.39 Å². The van der Waals surface area contributed by atoms with Gasteiger partial charge in [-0.15, -0.1) is 0 Å². The van der Waals surface area contributed by atoms with Crippen molar-refractivity contribution in [2.24, 2.45) is 0 Å². The summed E-state index contributed by atoms with van der Waals surface area (Å²) in [4.78, 5) is 4.12. The Morgan fingerprint density at radius 2 is 1.88 bits per heavy atom. The van der Waals surface area contributed by atoms with Gasteiger partial charge in [-0.2, -0.15) is 0 Å². The van der Waals surface area contributed by atoms with E-state index in [0.29, 0.717) is 11.4 Å². The maximum absolute atomic E-state index is 13.0. The summed E-state index contributed by atoms with van der Waals surface area (Å²) in [5.74, 6) is 0.462. The van der Waals surface area contributed by atoms with Crippen molar-refractivity contribution in [3.63, 3.8) is 0 Å². The van der Waals surface area contributed by atoms with Crippen molar-refractivity contribution in [1.82, 2.24) is 4.98 Å². The van der Waals surface area contributed by atoms with Gasteiger partial charge in [0.15, 0.2) is 0 Å². The number of hydrogen-bond acceptors (Lipinski definition) is 2. The number of hydrogen-bond donors (Lipinski definition) is 0. The van der Waals surface area contributed by atoms with Gasteiger partial charge in [0.2, 0.25) is 5.88 Å². The van der Waals surface area contributed by atoms with Gasteiger partial charge in [0.25, 0.3) is 0 Å². The van der Waals surface area contributed by atoms with Gasteiger partial charge in [0.05, 0.1) is 7.11 Å². The third-order valence-corrected chi connectivity index (χ3v) is 2.68. The van der Waals surface area contributed by atoms with Gasteiger partial charge in [-0.05, 0) is 24.1 Å². The van der Waals surface area contributed by atoms with Crippen LogP contribution in [-0.2, 0) is 6.67 Å². The number of ether oxygens (including phenoxy) is 1. The van der Waals surface area contributed by atoms with Crippen molar-refractivity contribution in [2.75, 3.05) is 7.11 Å². The number of nitrogens with zero attached hydrogens (tertiary/aromatic N) is 1. The molecule has 0 N–H and O–H groups in total. The fraction of sp³-hybridized carbons (Fsp3) is 0.214. The Kier molecular flexibility index (Phi) is 3.38. The minimum Gasteiger partial charge on any atom is -0.481 e. The summed E-state index contributed by atoms with van der Waals surface area (Å²) < 4.78 is 18.2. The number of aromatic nitrogens is 1. The summed E-state index contributed by atoms with van der Waals surface area (Å²) in [6.07, 6.45) is 1.56. The average Bonchev–Trinajstić information content (AvgIpc) is 2.38. The number of pyridine rings is 1. The van der Waals surface area contributed by atoms with Crippen LogP contribution >= 0.6 is 0 Å². The van der Waals surface area contributed by atoms with Crippen LogP contribution in [0.4, 0.5) is 4.39 Å². The predicted octanol–water partition coefficient (Wildman–Crippen LogP) is 3.54. The molecule has 0 unspecified atom stereocenters. The minimum absolute atomic E-state index is 0.462. The Bertz CT molecular complexity index is 486. The minimum atomic E-state index is -0.526. The molecule has 0 bridgehead atoms. The van der Waals surface area contributed by atoms with Gasteiger partial charge < -0.3 is 4.74 Å². The highest BCUT2D eigenvalue weighted by atomic mass is 19.1. The first kappa shape index (κ1) is 11.6. The second-order valence-electron chi connectivity index (χ2n) is 3.85. The van der Waals surface area contributed by atoms with E-state index in [1.165, 1.54) is 5.56 Å². The van der Waals surface area contributed by atoms with Crippen LogP contribution in [0.5, 0.6) is 5.88 Å². The number of halogens is 1. The molecule has 3 heteroatoms. The molecule has 0 saturated carbocycles. The second kappa shape index (κ2) is 4.95. The molecular weight excluding hydrogens is 217 g/mol. The molecule has 17 heavy (non-hydrogen) atoms. The van der Waals surface area contributed by atoms with Gasteiger partial charge in [-0.25, -0.2) is 9.37 Å². The largest absolute Gasteiger partial charge is 0.481 e. The van der Waals surface area contributed by atoms with Gasteiger partial charge in [-0.1, -0.05) is 29.8 Å². The summed E-state index contributed by atoms with van der Waals surface area (Å²) in [7, 11) is 1.54. The maximum Gasteiger partial charge on any atom is 0.221 e. The number of benzene rings is 1. The Balaban J connectivity index is 2.59. The summed E-state index contributed by atoms with van der Waals surface area (Å²) in [5, 5.41) is 0. The first-order valence-corrected chi connectivity index (χ1v) is 5.41. The summed E-state index contributed by atoms with van der Waals surface area (Å²) in [6, 6.07) is 9.56. The summed E-state index contributed by atoms with van der Waals surface area (Å²) in [5.41, 5.74) is 3.42. The smallest absolute Gasteiger partial charge is 0.221 e. The Morgan fingerprint density at radius 3 is 2.47 bits per heavy atom. The number of aryl methyl sites for hydroxylation is 1. The molecule has 0 radical (unpaired) electrons. The molecule has 88 valence electrons. The van der Waals surface area contributed by atoms with Crippen LogP contribution in [0.25, 0.3) is 11.1 Å². The zero-order valence-electron chi connectivity index (χ0n) is 9.90. The molecule has 2 nitrogen and oxygen atoms in total. The molecule has 0 aliphatic heterocycles. The maximum atomic E-state index is 13.0. The van der Waals surface area contributed by atoms with Gasteiger partial charge >= 0.3 is 0 Å². The molecule has 0 aliphatic rings. The number of rotatable bonds is 3. The Morgan fingerprint density at radius 1 is 1.18 bits per heavy atom. The van der Waals surface area contributed by atoms with Crippen LogP contribution < -0.4 is 4.74 Å². The first-order chi connectivity index (χ1) is 8.26. The summed E-state index contributed by atoms with van der Waals surface area (Å²) in [6.45, 7) is 1.49. The molecule has 1 aromatic heterocycles. The zero-order chi connectivity index (χ0) is 12.3. The Labute approximate surface area is 100 Å². The molecule has 1 aromatic carbocycles. The topological polar surface area (TPSA) is 22.1 Å². The van der Waals surface area contributed by atoms with E-state index in [1.54, 1.807) is 19.4 Å². The number of methoxy groups -OCH3 is 1. The van der Waals surface area contributed by atoms with Crippen LogP contribution in [0, 0.1) is 6.92 Å². The zero-order valence-corrected chi connectivity index (χ0v) is 9.90. The van der Waals surface area contributed by atoms with E-state index in [2.05, 4.69) is 4.98 Å². The molecule has 0 atom stereocenters. The van der Waals surface area contributed by atoms with Crippen molar-refractivity contribution < 1.29 is 9.13 Å². The van der Waals surface area contributed by atoms with Gasteiger partial charge in [-0.3, -0.25) is 0 Å². The SMILES string of the molecule is COc1nccc(CF)c1-c1ccc(C)cc1. The lowest BCUT2D eigenvalue weighted by atomic mass is 10.0. The highest BCUT2D eigenvalue weighted by Gasteiger charge is 2.12. The van der Waals surface area contributed by atoms with E-state index in [1.807, 2.05) is 31.2 Å². The lowest BCUT2D eigenvalue weighted by Crippen LogP contribution is -1.95. The lowest BCUT2D eigenvalue weighted by molar-refractivity contribution is 0.397. The quantitative estimate of drug-likeness (QED) is 0.806. The van der Waals surface area contributed by atoms with Crippen LogP contribution in [-0.4, -0.2) is 12.1 Å². The van der Waals surface area contributed by atoms with Crippen LogP contribution in [0.3, 0.4) is 0 Å². The predicted molar refractivity (Wildman–Crippen MR) is 65.8 cm³/mol. The molecular formula is C14H14FNO. The van der Waals surface area contributed by atoms with Crippen molar-refractivity contribution in [3.8, 4) is 17.0 Å². The van der Waals surface area contributed by atoms with Crippen molar-refractivity contribution in [1.29, 1.82) is 0 Å². The van der Waals surface area contributed by atoms with Crippen molar-refractivity contribution in [2.45, 2.75) is 13.6 Å². The van der Waals surface area contributed by atoms with E-state index < -0.39 is 6.67 Å². The standard InChI is InChI=1S/C14H14FNO/c1-10-3-5-11(6-4-10)13-12(9-15)7-8-16-14(13)17-2/h3-8H,9H2,1-2H3. The van der Waals surface area contributed by atoms with Crippen LogP contribution in [0.2, 0.25) is 0 Å². The molecule has 0 amide bonds. The molecule has 0 saturated heterocycles. The second-order valence-corrected chi connectivity index (χ2v) is 3.85. The Hall–Kier alpha value is -1.90. The number of alkyl halides is 1. The summed E-state index contributed by atoms with van der Waals surface area (Å²) >= 11 is 0. The first-order valence-electron chi connectivity index (χ1n) is 5.41. The molecule has 2 rings (SSSR count). The highest BCUT2D eigenvalue weighted by molar-refractivity contribution is 5.72. The van der Waals surface area contributed by atoms with E-state index in [4.69, 9.17) is 4.74 Å². The molecule has 0 fully saturated rings. The monoisotopic (exact) mass is 231 g/mol. The molecule has 0 spiro atoms. The fourth-order valence-electron chi connectivity index (χ4n) is 1.78. The van der Waals surface area contributed by atoms with E-state index >= 15 is 0 Å². The van der Waals surface area contributed by atoms with Crippen molar-refractivity contribution >= 4 is 0 Å². The van der Waals surface area contributed by atoms with E-state index in [0.717, 1.165) is 11.1 Å². The molecule has 2 aromatic rings. The van der Waals surface area contributed by atoms with Gasteiger partial charge in [0.1, 0.15) is 6.67 Å². The molecule has 1 heterocycles. The normalized spacial score (nSPS) is 10.3. The van der Waals surface area contributed by atoms with Crippen LogP contribution in [0.1, 0.15) is 11.1 Å². The van der Waals surface area contributed by atoms with E-state index in [-0.39, 0.29) is 0 Å². The lowest BCUT2D eigenvalue weighted by Gasteiger charge is -2.11. The van der Waals surface area contributed by atoms with Crippen LogP contribution in [0.15, 0.2) is 36.5 Å². The van der Waals surface area contributed by atoms with Crippen molar-refractivity contribution in [3.05, 3.63) is 47.7 Å². The van der Waals surface area contributed by atoms with Gasteiger partial charge in [0, 0.05) is 11.8 Å². The molecule has 0 aliphatic carbocycles. The fourth-order valence-corrected chi connectivity index (χ4v) is 1.78. The third kappa shape index (κ3) is 2.28. The highest BCUT2D eigenvalue weighted by Crippen LogP contribution is 2.32. The average molecular weight is 231 g/mol.